The van der Waals surface area contributed by atoms with Crippen LogP contribution in [-0.4, -0.2) is 29.6 Å². The number of unbranched alkanes of at least 4 members (excludes halogenated alkanes) is 13. The van der Waals surface area contributed by atoms with Crippen molar-refractivity contribution in [3.8, 4) is 0 Å². The number of carboxylic acid groups (broad SMARTS) is 1. The van der Waals surface area contributed by atoms with Crippen LogP contribution >= 0.6 is 0 Å². The Balaban J connectivity index is 3.28. The van der Waals surface area contributed by atoms with Crippen LogP contribution in [0.5, 0.6) is 0 Å². The van der Waals surface area contributed by atoms with Crippen molar-refractivity contribution in [3.63, 3.8) is 0 Å². The summed E-state index contributed by atoms with van der Waals surface area (Å²) in [7, 11) is 0. The first-order chi connectivity index (χ1) is 12.1. The highest BCUT2D eigenvalue weighted by molar-refractivity contribution is 5.83. The summed E-state index contributed by atoms with van der Waals surface area (Å²) in [5, 5.41) is 11.9. The van der Waals surface area contributed by atoms with Crippen molar-refractivity contribution in [1.82, 2.24) is 5.32 Å². The number of aliphatic carboxylic acids is 1. The van der Waals surface area contributed by atoms with Crippen molar-refractivity contribution in [2.24, 2.45) is 5.73 Å². The molecule has 0 spiro atoms. The van der Waals surface area contributed by atoms with Gasteiger partial charge in [0.05, 0.1) is 6.42 Å². The molecule has 0 aromatic carbocycles. The minimum Gasteiger partial charge on any atom is -0.480 e. The van der Waals surface area contributed by atoms with E-state index in [1.807, 2.05) is 0 Å². The van der Waals surface area contributed by atoms with E-state index in [9.17, 15) is 9.59 Å². The van der Waals surface area contributed by atoms with Crippen LogP contribution in [0.15, 0.2) is 0 Å². The van der Waals surface area contributed by atoms with Crippen molar-refractivity contribution < 1.29 is 14.7 Å². The fourth-order valence-corrected chi connectivity index (χ4v) is 3.04. The Morgan fingerprint density at radius 2 is 1.20 bits per heavy atom. The van der Waals surface area contributed by atoms with E-state index >= 15 is 0 Å². The molecule has 0 aromatic heterocycles. The summed E-state index contributed by atoms with van der Waals surface area (Å²) in [5.74, 6) is -1.59. The lowest BCUT2D eigenvalue weighted by Crippen LogP contribution is -2.40. The monoisotopic (exact) mass is 356 g/mol. The fraction of sp³-hybridized carbons (Fsp3) is 0.900. The molecule has 4 N–H and O–H groups in total. The van der Waals surface area contributed by atoms with Crippen LogP contribution in [0.3, 0.4) is 0 Å². The van der Waals surface area contributed by atoms with Crippen LogP contribution < -0.4 is 11.1 Å². The first kappa shape index (κ1) is 23.9. The van der Waals surface area contributed by atoms with Crippen LogP contribution in [0.1, 0.15) is 103 Å². The second-order valence-electron chi connectivity index (χ2n) is 7.11. The number of primary amides is 1. The molecule has 0 aliphatic heterocycles. The van der Waals surface area contributed by atoms with E-state index < -0.39 is 17.9 Å². The average molecular weight is 357 g/mol. The Hall–Kier alpha value is -1.10. The molecule has 1 atom stereocenters. The number of nitrogens with one attached hydrogen (secondary N) is 1. The molecule has 1 amide bonds. The number of nitrogens with two attached hydrogens (primary N) is 1. The van der Waals surface area contributed by atoms with E-state index in [0.29, 0.717) is 6.54 Å². The second-order valence-corrected chi connectivity index (χ2v) is 7.11. The van der Waals surface area contributed by atoms with Crippen molar-refractivity contribution in [3.05, 3.63) is 0 Å². The van der Waals surface area contributed by atoms with Gasteiger partial charge in [-0.2, -0.15) is 0 Å². The van der Waals surface area contributed by atoms with Crippen molar-refractivity contribution in [2.75, 3.05) is 6.54 Å². The number of carbonyl (C=O) groups excluding carboxylic acids is 1. The van der Waals surface area contributed by atoms with Gasteiger partial charge >= 0.3 is 5.97 Å². The van der Waals surface area contributed by atoms with Gasteiger partial charge < -0.3 is 16.2 Å². The molecule has 5 nitrogen and oxygen atoms in total. The predicted octanol–water partition coefficient (Wildman–Crippen LogP) is 4.39. The molecule has 0 aromatic rings. The summed E-state index contributed by atoms with van der Waals surface area (Å²) < 4.78 is 0. The van der Waals surface area contributed by atoms with Gasteiger partial charge in [-0.15, -0.1) is 0 Å². The van der Waals surface area contributed by atoms with Crippen LogP contribution in [0, 0.1) is 0 Å². The molecule has 0 heterocycles. The van der Waals surface area contributed by atoms with Crippen LogP contribution in [0.2, 0.25) is 0 Å². The third-order valence-corrected chi connectivity index (χ3v) is 4.62. The smallest absolute Gasteiger partial charge is 0.321 e. The van der Waals surface area contributed by atoms with E-state index in [0.717, 1.165) is 12.8 Å². The molecule has 0 aliphatic rings. The number of carbonyl (C=O) groups is 2. The number of hydrogen-bond donors (Lipinski definition) is 3. The molecule has 0 radical (unpaired) electrons. The van der Waals surface area contributed by atoms with Gasteiger partial charge in [0.25, 0.3) is 0 Å². The van der Waals surface area contributed by atoms with Gasteiger partial charge in [-0.25, -0.2) is 0 Å². The predicted molar refractivity (Wildman–Crippen MR) is 104 cm³/mol. The van der Waals surface area contributed by atoms with Gasteiger partial charge in [0.1, 0.15) is 6.04 Å². The lowest BCUT2D eigenvalue weighted by molar-refractivity contribution is -0.141. The summed E-state index contributed by atoms with van der Waals surface area (Å²) in [5.41, 5.74) is 5.04. The minimum atomic E-state index is -1.01. The van der Waals surface area contributed by atoms with E-state index in [4.69, 9.17) is 10.8 Å². The van der Waals surface area contributed by atoms with Crippen LogP contribution in [0.25, 0.3) is 0 Å². The normalized spacial score (nSPS) is 12.2. The van der Waals surface area contributed by atoms with Crippen molar-refractivity contribution >= 4 is 11.9 Å². The Kier molecular flexibility index (Phi) is 16.9. The summed E-state index contributed by atoms with van der Waals surface area (Å²) in [6.07, 6.45) is 18.1. The van der Waals surface area contributed by atoms with Gasteiger partial charge in [0.2, 0.25) is 5.91 Å². The van der Waals surface area contributed by atoms with Gasteiger partial charge in [-0.3, -0.25) is 9.59 Å². The zero-order chi connectivity index (χ0) is 18.8. The van der Waals surface area contributed by atoms with Gasteiger partial charge in [0.15, 0.2) is 0 Å². The molecule has 0 rings (SSSR count). The number of carboxylic acids is 1. The van der Waals surface area contributed by atoms with Crippen molar-refractivity contribution in [2.45, 2.75) is 109 Å². The summed E-state index contributed by atoms with van der Waals surface area (Å²) in [6, 6.07) is -0.848. The molecular formula is C20H40N2O3. The first-order valence-electron chi connectivity index (χ1n) is 10.3. The largest absolute Gasteiger partial charge is 0.480 e. The Morgan fingerprint density at radius 1 is 0.800 bits per heavy atom. The maximum atomic E-state index is 10.9. The van der Waals surface area contributed by atoms with E-state index in [1.165, 1.54) is 77.0 Å². The van der Waals surface area contributed by atoms with Gasteiger partial charge in [0, 0.05) is 0 Å². The van der Waals surface area contributed by atoms with E-state index in [1.54, 1.807) is 0 Å². The molecule has 25 heavy (non-hydrogen) atoms. The molecular weight excluding hydrogens is 316 g/mol. The molecule has 0 saturated heterocycles. The highest BCUT2D eigenvalue weighted by Crippen LogP contribution is 2.12. The summed E-state index contributed by atoms with van der Waals surface area (Å²) >= 11 is 0. The number of amides is 1. The Bertz CT molecular complexity index is 335. The molecule has 0 fully saturated rings. The van der Waals surface area contributed by atoms with Crippen LogP contribution in [0.4, 0.5) is 0 Å². The fourth-order valence-electron chi connectivity index (χ4n) is 3.04. The average Bonchev–Trinajstić information content (AvgIpc) is 2.56. The maximum absolute atomic E-state index is 10.9. The molecule has 0 saturated carbocycles. The Morgan fingerprint density at radius 3 is 1.56 bits per heavy atom. The third kappa shape index (κ3) is 17.5. The molecule has 0 unspecified atom stereocenters. The lowest BCUT2D eigenvalue weighted by atomic mass is 10.0. The zero-order valence-corrected chi connectivity index (χ0v) is 16.2. The second kappa shape index (κ2) is 17.7. The van der Waals surface area contributed by atoms with E-state index in [-0.39, 0.29) is 6.42 Å². The first-order valence-corrected chi connectivity index (χ1v) is 10.3. The highest BCUT2D eigenvalue weighted by Gasteiger charge is 2.18. The van der Waals surface area contributed by atoms with Gasteiger partial charge in [-0.1, -0.05) is 90.4 Å². The Labute approximate surface area is 154 Å². The topological polar surface area (TPSA) is 92.4 Å². The van der Waals surface area contributed by atoms with Gasteiger partial charge in [-0.05, 0) is 13.0 Å². The zero-order valence-electron chi connectivity index (χ0n) is 16.2. The highest BCUT2D eigenvalue weighted by atomic mass is 16.4. The molecule has 148 valence electrons. The molecule has 0 bridgehead atoms. The maximum Gasteiger partial charge on any atom is 0.321 e. The minimum absolute atomic E-state index is 0.145. The van der Waals surface area contributed by atoms with Crippen LogP contribution in [-0.2, 0) is 9.59 Å². The van der Waals surface area contributed by atoms with Crippen molar-refractivity contribution in [1.29, 1.82) is 0 Å². The molecule has 5 heteroatoms. The number of hydrogen-bond acceptors (Lipinski definition) is 3. The molecule has 0 aliphatic carbocycles. The van der Waals surface area contributed by atoms with E-state index in [2.05, 4.69) is 12.2 Å². The quantitative estimate of drug-likeness (QED) is 0.299. The number of rotatable bonds is 19. The SMILES string of the molecule is CCCCCCCCCCCCCCCCN[C@@H](CC(N)=O)C(=O)O. The standard InChI is InChI=1S/C20H40N2O3/c1-2-3-4-5-6-7-8-9-10-11-12-13-14-15-16-22-18(20(24)25)17-19(21)23/h18,22H,2-17H2,1H3,(H2,21,23)(H,24,25)/t18-/m0/s1. The lowest BCUT2D eigenvalue weighted by Gasteiger charge is -2.12. The summed E-state index contributed by atoms with van der Waals surface area (Å²) in [4.78, 5) is 21.7. The third-order valence-electron chi connectivity index (χ3n) is 4.62. The summed E-state index contributed by atoms with van der Waals surface area (Å²) in [6.45, 7) is 2.88.